The average molecular weight is 511 g/mol. The van der Waals surface area contributed by atoms with Gasteiger partial charge in [0.05, 0.1) is 33.3 Å². The quantitative estimate of drug-likeness (QED) is 0.211. The van der Waals surface area contributed by atoms with Crippen molar-refractivity contribution in [3.63, 3.8) is 0 Å². The van der Waals surface area contributed by atoms with Gasteiger partial charge in [0.1, 0.15) is 0 Å². The molecule has 0 N–H and O–H groups in total. The lowest BCUT2D eigenvalue weighted by Crippen LogP contribution is -2.00. The summed E-state index contributed by atoms with van der Waals surface area (Å²) < 4.78 is 4.62. The maximum Gasteiger partial charge on any atom is 0.0944 e. The molecule has 0 saturated carbocycles. The van der Waals surface area contributed by atoms with Crippen LogP contribution in [-0.2, 0) is 13.1 Å². The van der Waals surface area contributed by atoms with Crippen molar-refractivity contribution in [1.82, 2.24) is 9.13 Å². The van der Waals surface area contributed by atoms with Crippen LogP contribution in [0.1, 0.15) is 51.9 Å². The van der Waals surface area contributed by atoms with Crippen LogP contribution in [0.15, 0.2) is 59.7 Å². The molecule has 0 unspecified atom stereocenters. The van der Waals surface area contributed by atoms with Gasteiger partial charge < -0.3 is 9.13 Å². The summed E-state index contributed by atoms with van der Waals surface area (Å²) in [6, 6.07) is 21.8. The number of allylic oxidation sites excluding steroid dienone is 2. The van der Waals surface area contributed by atoms with Gasteiger partial charge in [0.15, 0.2) is 0 Å². The summed E-state index contributed by atoms with van der Waals surface area (Å²) in [5, 5.41) is 18.4. The largest absolute Gasteiger partial charge is 0.340 e. The highest BCUT2D eigenvalue weighted by molar-refractivity contribution is 7.25. The summed E-state index contributed by atoms with van der Waals surface area (Å²) in [6.07, 6.45) is 5.99. The van der Waals surface area contributed by atoms with Gasteiger partial charge in [-0.15, -0.1) is 22.7 Å². The molecule has 182 valence electrons. The van der Waals surface area contributed by atoms with E-state index in [4.69, 9.17) is 0 Å². The van der Waals surface area contributed by atoms with Crippen LogP contribution in [0, 0.1) is 22.7 Å². The zero-order chi connectivity index (χ0) is 25.7. The molecular weight excluding hydrogens is 480 g/mol. The van der Waals surface area contributed by atoms with E-state index in [1.807, 2.05) is 48.7 Å². The minimum Gasteiger partial charge on any atom is -0.340 e. The van der Waals surface area contributed by atoms with Crippen LogP contribution in [0.3, 0.4) is 0 Å². The SMILES string of the molecule is CCCn1c(/C=C(/C)C#N)ccc1-c1ccc(-c2ccc(-c3ccc(/C=C(/C)C#N)n3CCC)s2)s1. The van der Waals surface area contributed by atoms with Gasteiger partial charge in [0.2, 0.25) is 0 Å². The fourth-order valence-electron chi connectivity index (χ4n) is 4.32. The van der Waals surface area contributed by atoms with E-state index in [0.29, 0.717) is 11.1 Å². The predicted octanol–water partition coefficient (Wildman–Crippen LogP) is 9.09. The minimum absolute atomic E-state index is 0.712. The fraction of sp³-hybridized carbons (Fsp3) is 0.267. The Morgan fingerprint density at radius 3 is 1.42 bits per heavy atom. The average Bonchev–Trinajstić information content (AvgIpc) is 3.67. The molecule has 0 spiro atoms. The van der Waals surface area contributed by atoms with E-state index >= 15 is 0 Å². The molecule has 6 heteroatoms. The maximum absolute atomic E-state index is 9.21. The first-order valence-corrected chi connectivity index (χ1v) is 13.9. The molecule has 36 heavy (non-hydrogen) atoms. The second-order valence-corrected chi connectivity index (χ2v) is 11.0. The number of nitrogens with zero attached hydrogens (tertiary/aromatic N) is 4. The topological polar surface area (TPSA) is 57.4 Å². The van der Waals surface area contributed by atoms with Crippen LogP contribution in [-0.4, -0.2) is 9.13 Å². The normalized spacial score (nSPS) is 12.1. The molecule has 0 bridgehead atoms. The molecular formula is C30H30N4S2. The van der Waals surface area contributed by atoms with E-state index < -0.39 is 0 Å². The number of nitriles is 2. The lowest BCUT2D eigenvalue weighted by atomic mass is 10.2. The summed E-state index contributed by atoms with van der Waals surface area (Å²) >= 11 is 3.62. The van der Waals surface area contributed by atoms with Crippen LogP contribution < -0.4 is 0 Å². The summed E-state index contributed by atoms with van der Waals surface area (Å²) in [7, 11) is 0. The summed E-state index contributed by atoms with van der Waals surface area (Å²) in [5.41, 5.74) is 5.97. The molecule has 4 heterocycles. The number of rotatable bonds is 9. The van der Waals surface area contributed by atoms with Gasteiger partial charge in [-0.25, -0.2) is 0 Å². The Balaban J connectivity index is 1.67. The Bertz CT molecular complexity index is 1390. The number of thiophene rings is 2. The van der Waals surface area contributed by atoms with E-state index in [9.17, 15) is 10.5 Å². The van der Waals surface area contributed by atoms with Crippen LogP contribution in [0.5, 0.6) is 0 Å². The van der Waals surface area contributed by atoms with Crippen molar-refractivity contribution < 1.29 is 0 Å². The molecule has 0 aromatic carbocycles. The Morgan fingerprint density at radius 2 is 1.06 bits per heavy atom. The first-order valence-electron chi connectivity index (χ1n) is 12.3. The first kappa shape index (κ1) is 25.5. The molecule has 0 aliphatic carbocycles. The molecule has 0 aliphatic rings. The molecule has 0 aliphatic heterocycles. The van der Waals surface area contributed by atoms with Gasteiger partial charge in [-0.05, 0) is 87.4 Å². The van der Waals surface area contributed by atoms with Crippen LogP contribution >= 0.6 is 22.7 Å². The lowest BCUT2D eigenvalue weighted by Gasteiger charge is -2.10. The van der Waals surface area contributed by atoms with Crippen molar-refractivity contribution in [3.8, 4) is 43.0 Å². The highest BCUT2D eigenvalue weighted by Crippen LogP contribution is 2.41. The van der Waals surface area contributed by atoms with E-state index in [-0.39, 0.29) is 0 Å². The molecule has 4 aromatic heterocycles. The van der Waals surface area contributed by atoms with Crippen molar-refractivity contribution in [2.75, 3.05) is 0 Å². The monoisotopic (exact) mass is 510 g/mol. The standard InChI is InChI=1S/C30H30N4S2/c1-5-15-33-23(17-21(3)19-31)7-9-25(33)27-11-13-29(35-27)30-14-12-28(36-30)26-10-8-24(18-22(4)20-32)34(26)16-6-2/h7-14,17-18H,5-6,15-16H2,1-4H3/b21-17-,22-18-. The van der Waals surface area contributed by atoms with Gasteiger partial charge >= 0.3 is 0 Å². The van der Waals surface area contributed by atoms with Gasteiger partial charge in [-0.1, -0.05) is 13.8 Å². The van der Waals surface area contributed by atoms with E-state index in [1.165, 1.54) is 30.9 Å². The van der Waals surface area contributed by atoms with Crippen LogP contribution in [0.4, 0.5) is 0 Å². The van der Waals surface area contributed by atoms with Crippen molar-refractivity contribution in [2.45, 2.75) is 53.6 Å². The third-order valence-corrected chi connectivity index (χ3v) is 8.38. The molecule has 4 rings (SSSR count). The van der Waals surface area contributed by atoms with Gasteiger partial charge in [0.25, 0.3) is 0 Å². The van der Waals surface area contributed by atoms with Gasteiger partial charge in [-0.2, -0.15) is 10.5 Å². The zero-order valence-electron chi connectivity index (χ0n) is 21.2. The highest BCUT2D eigenvalue weighted by Gasteiger charge is 2.15. The summed E-state index contributed by atoms with van der Waals surface area (Å²) in [4.78, 5) is 4.97. The fourth-order valence-corrected chi connectivity index (χ4v) is 6.49. The lowest BCUT2D eigenvalue weighted by molar-refractivity contribution is 0.685. The first-order chi connectivity index (χ1) is 17.5. The molecule has 0 saturated heterocycles. The summed E-state index contributed by atoms with van der Waals surface area (Å²) in [5.74, 6) is 0. The van der Waals surface area contributed by atoms with Crippen LogP contribution in [0.25, 0.3) is 43.0 Å². The third kappa shape index (κ3) is 5.31. The minimum atomic E-state index is 0.712. The Kier molecular flexibility index (Phi) is 8.10. The summed E-state index contributed by atoms with van der Waals surface area (Å²) in [6.45, 7) is 9.89. The highest BCUT2D eigenvalue weighted by atomic mass is 32.1. The third-order valence-electron chi connectivity index (χ3n) is 5.96. The number of aromatic nitrogens is 2. The molecule has 0 fully saturated rings. The maximum atomic E-state index is 9.21. The Hall–Kier alpha value is -3.58. The van der Waals surface area contributed by atoms with E-state index in [2.05, 4.69) is 83.7 Å². The second-order valence-electron chi connectivity index (χ2n) is 8.80. The van der Waals surface area contributed by atoms with Crippen molar-refractivity contribution in [3.05, 3.63) is 71.1 Å². The van der Waals surface area contributed by atoms with Crippen molar-refractivity contribution in [1.29, 1.82) is 10.5 Å². The van der Waals surface area contributed by atoms with Gasteiger partial charge in [0, 0.05) is 45.4 Å². The van der Waals surface area contributed by atoms with Gasteiger partial charge in [-0.3, -0.25) is 0 Å². The second kappa shape index (κ2) is 11.4. The molecule has 4 nitrogen and oxygen atoms in total. The van der Waals surface area contributed by atoms with E-state index in [0.717, 1.165) is 37.3 Å². The molecule has 0 atom stereocenters. The predicted molar refractivity (Wildman–Crippen MR) is 154 cm³/mol. The number of hydrogen-bond acceptors (Lipinski definition) is 4. The molecule has 4 aromatic rings. The molecule has 0 amide bonds. The number of hydrogen-bond donors (Lipinski definition) is 0. The van der Waals surface area contributed by atoms with Crippen molar-refractivity contribution >= 4 is 34.8 Å². The zero-order valence-corrected chi connectivity index (χ0v) is 22.8. The van der Waals surface area contributed by atoms with E-state index in [1.54, 1.807) is 0 Å². The Labute approximate surface area is 221 Å². The smallest absolute Gasteiger partial charge is 0.0944 e. The van der Waals surface area contributed by atoms with Crippen molar-refractivity contribution in [2.24, 2.45) is 0 Å². The molecule has 0 radical (unpaired) electrons. The van der Waals surface area contributed by atoms with Crippen LogP contribution in [0.2, 0.25) is 0 Å². The Morgan fingerprint density at radius 1 is 0.667 bits per heavy atom.